The van der Waals surface area contributed by atoms with Crippen LogP contribution in [0.2, 0.25) is 0 Å². The Morgan fingerprint density at radius 3 is 2.44 bits per heavy atom. The summed E-state index contributed by atoms with van der Waals surface area (Å²) in [7, 11) is 0. The minimum absolute atomic E-state index is 0.0556. The van der Waals surface area contributed by atoms with Crippen LogP contribution in [0.25, 0.3) is 0 Å². The van der Waals surface area contributed by atoms with E-state index < -0.39 is 0 Å². The van der Waals surface area contributed by atoms with Gasteiger partial charge < -0.3 is 0 Å². The van der Waals surface area contributed by atoms with Crippen LogP contribution in [0.3, 0.4) is 0 Å². The lowest BCUT2D eigenvalue weighted by Gasteiger charge is -2.31. The van der Waals surface area contributed by atoms with Gasteiger partial charge in [-0.05, 0) is 31.9 Å². The molecule has 1 aliphatic rings. The molecule has 0 unspecified atom stereocenters. The molecular weight excluding hydrogens is 220 g/mol. The van der Waals surface area contributed by atoms with Gasteiger partial charge in [0.25, 0.3) is 0 Å². The molecule has 1 fully saturated rings. The molecule has 2 rings (SSSR count). The van der Waals surface area contributed by atoms with E-state index >= 15 is 0 Å². The fourth-order valence-electron chi connectivity index (χ4n) is 2.78. The Labute approximate surface area is 110 Å². The molecule has 0 heterocycles. The second kappa shape index (κ2) is 5.87. The Bertz CT molecular complexity index is 455. The predicted octanol–water partition coefficient (Wildman–Crippen LogP) is 3.97. The number of hydrogen-bond donors (Lipinski definition) is 0. The van der Waals surface area contributed by atoms with Crippen molar-refractivity contribution in [2.75, 3.05) is 0 Å². The second-order valence-electron chi connectivity index (χ2n) is 5.34. The minimum atomic E-state index is -0.0556. The number of hydrogen-bond acceptors (Lipinski definition) is 1. The molecule has 0 N–H and O–H groups in total. The summed E-state index contributed by atoms with van der Waals surface area (Å²) in [5.41, 5.74) is 0.992. The molecule has 0 bridgehead atoms. The van der Waals surface area contributed by atoms with Crippen molar-refractivity contribution in [1.29, 1.82) is 0 Å². The lowest BCUT2D eigenvalue weighted by Crippen LogP contribution is -2.25. The smallest absolute Gasteiger partial charge is 0.131 e. The first-order valence-electron chi connectivity index (χ1n) is 6.78. The van der Waals surface area contributed by atoms with E-state index in [0.717, 1.165) is 18.4 Å². The molecule has 1 aromatic carbocycles. The van der Waals surface area contributed by atoms with Crippen molar-refractivity contribution in [2.24, 2.45) is 5.41 Å². The Morgan fingerprint density at radius 1 is 1.17 bits per heavy atom. The maximum absolute atomic E-state index is 11.5. The average Bonchev–Trinajstić information content (AvgIpc) is 2.38. The summed E-state index contributed by atoms with van der Waals surface area (Å²) in [5.74, 6) is 6.93. The van der Waals surface area contributed by atoms with E-state index in [0.29, 0.717) is 6.42 Å². The Balaban J connectivity index is 2.20. The maximum Gasteiger partial charge on any atom is 0.131 e. The zero-order chi connectivity index (χ0) is 12.8. The van der Waals surface area contributed by atoms with Crippen LogP contribution in [0.4, 0.5) is 0 Å². The van der Waals surface area contributed by atoms with E-state index in [9.17, 15) is 4.79 Å². The minimum Gasteiger partial charge on any atom is -0.300 e. The first kappa shape index (κ1) is 12.9. The molecule has 94 valence electrons. The van der Waals surface area contributed by atoms with Gasteiger partial charge in [0.15, 0.2) is 0 Å². The number of ketones is 1. The van der Waals surface area contributed by atoms with Crippen LogP contribution >= 0.6 is 0 Å². The van der Waals surface area contributed by atoms with Crippen molar-refractivity contribution < 1.29 is 4.79 Å². The highest BCUT2D eigenvalue weighted by molar-refractivity contribution is 5.76. The van der Waals surface area contributed by atoms with Gasteiger partial charge in [0.05, 0.1) is 0 Å². The number of Topliss-reactive ketones (excluding diaryl/α,β-unsaturated/α-hetero) is 1. The van der Waals surface area contributed by atoms with Crippen LogP contribution in [0, 0.1) is 17.3 Å². The van der Waals surface area contributed by atoms with Gasteiger partial charge in [-0.25, -0.2) is 0 Å². The molecule has 1 aliphatic carbocycles. The maximum atomic E-state index is 11.5. The van der Waals surface area contributed by atoms with Crippen LogP contribution < -0.4 is 0 Å². The van der Waals surface area contributed by atoms with Crippen LogP contribution in [0.1, 0.15) is 51.0 Å². The Hall–Kier alpha value is -1.55. The number of benzene rings is 1. The van der Waals surface area contributed by atoms with Crippen molar-refractivity contribution in [2.45, 2.75) is 45.4 Å². The predicted molar refractivity (Wildman–Crippen MR) is 74.1 cm³/mol. The van der Waals surface area contributed by atoms with Crippen LogP contribution in [0.5, 0.6) is 0 Å². The molecule has 18 heavy (non-hydrogen) atoms. The molecule has 0 radical (unpaired) electrons. The second-order valence-corrected chi connectivity index (χ2v) is 5.34. The number of rotatable bonds is 2. The van der Waals surface area contributed by atoms with Crippen LogP contribution in [-0.4, -0.2) is 5.78 Å². The van der Waals surface area contributed by atoms with Gasteiger partial charge in [0.2, 0.25) is 0 Å². The van der Waals surface area contributed by atoms with Crippen LogP contribution in [-0.2, 0) is 4.79 Å². The van der Waals surface area contributed by atoms with Crippen LogP contribution in [0.15, 0.2) is 30.3 Å². The van der Waals surface area contributed by atoms with Gasteiger partial charge in [0.1, 0.15) is 5.78 Å². The quantitative estimate of drug-likeness (QED) is 0.715. The van der Waals surface area contributed by atoms with Gasteiger partial charge in [-0.15, -0.1) is 0 Å². The average molecular weight is 240 g/mol. The first-order valence-corrected chi connectivity index (χ1v) is 6.78. The van der Waals surface area contributed by atoms with E-state index in [1.54, 1.807) is 6.92 Å². The summed E-state index contributed by atoms with van der Waals surface area (Å²) >= 11 is 0. The van der Waals surface area contributed by atoms with E-state index in [2.05, 4.69) is 11.8 Å². The fraction of sp³-hybridized carbons (Fsp3) is 0.471. The van der Waals surface area contributed by atoms with E-state index in [4.69, 9.17) is 0 Å². The van der Waals surface area contributed by atoms with Gasteiger partial charge in [-0.3, -0.25) is 4.79 Å². The summed E-state index contributed by atoms with van der Waals surface area (Å²) in [5, 5.41) is 0. The van der Waals surface area contributed by atoms with Crippen molar-refractivity contribution in [3.63, 3.8) is 0 Å². The van der Waals surface area contributed by atoms with Gasteiger partial charge in [-0.2, -0.15) is 0 Å². The molecule has 0 amide bonds. The third kappa shape index (κ3) is 3.47. The molecule has 0 aliphatic heterocycles. The fourth-order valence-corrected chi connectivity index (χ4v) is 2.78. The van der Waals surface area contributed by atoms with Crippen molar-refractivity contribution >= 4 is 5.78 Å². The topological polar surface area (TPSA) is 17.1 Å². The third-order valence-electron chi connectivity index (χ3n) is 3.64. The monoisotopic (exact) mass is 240 g/mol. The highest BCUT2D eigenvalue weighted by Crippen LogP contribution is 2.39. The molecule has 1 nitrogen and oxygen atoms in total. The molecule has 0 aromatic heterocycles. The van der Waals surface area contributed by atoms with E-state index in [1.165, 1.54) is 19.3 Å². The molecule has 0 saturated heterocycles. The Morgan fingerprint density at radius 2 is 1.83 bits per heavy atom. The Kier molecular flexibility index (Phi) is 4.20. The van der Waals surface area contributed by atoms with Gasteiger partial charge >= 0.3 is 0 Å². The summed E-state index contributed by atoms with van der Waals surface area (Å²) in [6.45, 7) is 1.68. The molecule has 1 saturated carbocycles. The van der Waals surface area contributed by atoms with Crippen molar-refractivity contribution in [3.05, 3.63) is 35.9 Å². The highest BCUT2D eigenvalue weighted by atomic mass is 16.1. The first-order chi connectivity index (χ1) is 8.70. The molecule has 0 atom stereocenters. The highest BCUT2D eigenvalue weighted by Gasteiger charge is 2.31. The number of carbonyl (C=O) groups is 1. The SMILES string of the molecule is CC(=O)CC1(C#Cc2ccccc2)CCCCC1. The van der Waals surface area contributed by atoms with Crippen molar-refractivity contribution in [3.8, 4) is 11.8 Å². The molecule has 0 spiro atoms. The lowest BCUT2D eigenvalue weighted by atomic mass is 9.71. The molecular formula is C17H20O. The summed E-state index contributed by atoms with van der Waals surface area (Å²) in [6, 6.07) is 10.1. The normalized spacial score (nSPS) is 17.6. The summed E-state index contributed by atoms with van der Waals surface area (Å²) in [6.07, 6.45) is 6.46. The largest absolute Gasteiger partial charge is 0.300 e. The molecule has 1 aromatic rings. The van der Waals surface area contributed by atoms with E-state index in [1.807, 2.05) is 30.3 Å². The summed E-state index contributed by atoms with van der Waals surface area (Å²) < 4.78 is 0. The standard InChI is InChI=1S/C17H20O/c1-15(18)14-17(11-6-3-7-12-17)13-10-16-8-4-2-5-9-16/h2,4-5,8-9H,3,6-7,11-12,14H2,1H3. The van der Waals surface area contributed by atoms with E-state index in [-0.39, 0.29) is 11.2 Å². The van der Waals surface area contributed by atoms with Gasteiger partial charge in [0, 0.05) is 17.4 Å². The zero-order valence-corrected chi connectivity index (χ0v) is 11.0. The van der Waals surface area contributed by atoms with Crippen molar-refractivity contribution in [1.82, 2.24) is 0 Å². The number of carbonyl (C=O) groups excluding carboxylic acids is 1. The lowest BCUT2D eigenvalue weighted by molar-refractivity contribution is -0.118. The van der Waals surface area contributed by atoms with Gasteiger partial charge in [-0.1, -0.05) is 49.3 Å². The third-order valence-corrected chi connectivity index (χ3v) is 3.64. The zero-order valence-electron chi connectivity index (χ0n) is 11.0. The summed E-state index contributed by atoms with van der Waals surface area (Å²) in [4.78, 5) is 11.5. The molecule has 1 heteroatoms.